The van der Waals surface area contributed by atoms with Crippen LogP contribution < -0.4 is 9.47 Å². The van der Waals surface area contributed by atoms with Gasteiger partial charge in [-0.3, -0.25) is 14.3 Å². The van der Waals surface area contributed by atoms with E-state index in [4.69, 9.17) is 9.47 Å². The fourth-order valence-corrected chi connectivity index (χ4v) is 4.05. The second kappa shape index (κ2) is 9.04. The maximum absolute atomic E-state index is 13.2. The number of aliphatic hydroxyl groups excluding tert-OH is 1. The highest BCUT2D eigenvalue weighted by Gasteiger charge is 2.47. The Morgan fingerprint density at radius 2 is 1.88 bits per heavy atom. The van der Waals surface area contributed by atoms with E-state index in [1.54, 1.807) is 43.8 Å². The first-order chi connectivity index (χ1) is 15.1. The van der Waals surface area contributed by atoms with Crippen LogP contribution in [0.15, 0.2) is 23.8 Å². The van der Waals surface area contributed by atoms with Crippen molar-refractivity contribution in [2.45, 2.75) is 19.9 Å². The highest BCUT2D eigenvalue weighted by molar-refractivity contribution is 6.46. The minimum Gasteiger partial charge on any atom is -0.507 e. The normalized spacial score (nSPS) is 18.0. The van der Waals surface area contributed by atoms with Crippen molar-refractivity contribution in [1.82, 2.24) is 19.6 Å². The van der Waals surface area contributed by atoms with Gasteiger partial charge < -0.3 is 24.4 Å². The second-order valence-corrected chi connectivity index (χ2v) is 8.07. The number of benzene rings is 1. The smallest absolute Gasteiger partial charge is 0.295 e. The Bertz CT molecular complexity index is 1090. The molecule has 0 saturated carbocycles. The van der Waals surface area contributed by atoms with Gasteiger partial charge in [0.15, 0.2) is 0 Å². The summed E-state index contributed by atoms with van der Waals surface area (Å²) in [5.74, 6) is -0.610. The highest BCUT2D eigenvalue weighted by Crippen LogP contribution is 2.44. The van der Waals surface area contributed by atoms with Gasteiger partial charge in [-0.1, -0.05) is 0 Å². The summed E-state index contributed by atoms with van der Waals surface area (Å²) in [5.41, 5.74) is 2.28. The van der Waals surface area contributed by atoms with Crippen molar-refractivity contribution in [3.05, 3.63) is 46.3 Å². The average molecular weight is 443 g/mol. The number of Topliss-reactive ketones (excluding diaryl/α,β-unsaturated/α-hetero) is 1. The average Bonchev–Trinajstić information content (AvgIpc) is 3.16. The molecule has 1 aromatic carbocycles. The fourth-order valence-electron chi connectivity index (χ4n) is 4.05. The summed E-state index contributed by atoms with van der Waals surface area (Å²) in [6.45, 7) is 4.40. The molecule has 1 amide bonds. The molecule has 1 aliphatic heterocycles. The number of methoxy groups -OCH3 is 2. The largest absolute Gasteiger partial charge is 0.507 e. The number of amides is 1. The number of carbonyl (C=O) groups excluding carboxylic acids is 2. The number of aryl methyl sites for hydroxylation is 2. The first-order valence-corrected chi connectivity index (χ1v) is 10.3. The number of likely N-dealkylation sites (tertiary alicyclic amines) is 1. The van der Waals surface area contributed by atoms with Crippen LogP contribution in [-0.2, 0) is 16.6 Å². The molecule has 0 spiro atoms. The third kappa shape index (κ3) is 3.95. The number of aromatic nitrogens is 2. The summed E-state index contributed by atoms with van der Waals surface area (Å²) in [5, 5.41) is 15.7. The van der Waals surface area contributed by atoms with Crippen LogP contribution in [0.4, 0.5) is 0 Å². The van der Waals surface area contributed by atoms with Gasteiger partial charge >= 0.3 is 0 Å². The van der Waals surface area contributed by atoms with Crippen molar-refractivity contribution < 1.29 is 24.2 Å². The maximum Gasteiger partial charge on any atom is 0.295 e. The molecule has 2 aromatic rings. The molecular weight excluding hydrogens is 412 g/mol. The van der Waals surface area contributed by atoms with Crippen LogP contribution in [-0.4, -0.2) is 77.8 Å². The number of carbonyl (C=O) groups is 2. The van der Waals surface area contributed by atoms with E-state index in [0.29, 0.717) is 47.1 Å². The number of hydrogen-bond donors (Lipinski definition) is 1. The Morgan fingerprint density at radius 3 is 2.41 bits per heavy atom. The van der Waals surface area contributed by atoms with Gasteiger partial charge in [-0.25, -0.2) is 0 Å². The SMILES string of the molecule is COc1ccc(OC)c([C@@H]2/C(=C(\O)c3c(C)nn(C)c3C)C(=O)C(=O)N2CCN(C)C)c1. The second-order valence-electron chi connectivity index (χ2n) is 8.07. The molecule has 1 fully saturated rings. The molecule has 1 saturated heterocycles. The fraction of sp³-hybridized carbons (Fsp3) is 0.435. The van der Waals surface area contributed by atoms with Gasteiger partial charge in [-0.05, 0) is 46.1 Å². The zero-order valence-corrected chi connectivity index (χ0v) is 19.6. The molecule has 1 N–H and O–H groups in total. The zero-order valence-electron chi connectivity index (χ0n) is 19.6. The number of rotatable bonds is 7. The number of hydrogen-bond acceptors (Lipinski definition) is 7. The van der Waals surface area contributed by atoms with E-state index in [0.717, 1.165) is 0 Å². The molecular formula is C23H30N4O5. The van der Waals surface area contributed by atoms with Crippen LogP contribution in [0.3, 0.4) is 0 Å². The lowest BCUT2D eigenvalue weighted by molar-refractivity contribution is -0.140. The molecule has 0 radical (unpaired) electrons. The lowest BCUT2D eigenvalue weighted by Gasteiger charge is -2.28. The molecule has 0 bridgehead atoms. The van der Waals surface area contributed by atoms with Crippen molar-refractivity contribution in [2.24, 2.45) is 7.05 Å². The van der Waals surface area contributed by atoms with E-state index < -0.39 is 17.7 Å². The lowest BCUT2D eigenvalue weighted by atomic mass is 9.94. The molecule has 2 heterocycles. The number of ether oxygens (including phenoxy) is 2. The van der Waals surface area contributed by atoms with Gasteiger partial charge in [0, 0.05) is 31.4 Å². The molecule has 1 aliphatic rings. The zero-order chi connectivity index (χ0) is 23.7. The highest BCUT2D eigenvalue weighted by atomic mass is 16.5. The quantitative estimate of drug-likeness (QED) is 0.398. The monoisotopic (exact) mass is 442 g/mol. The Morgan fingerprint density at radius 1 is 1.19 bits per heavy atom. The molecule has 172 valence electrons. The van der Waals surface area contributed by atoms with E-state index in [1.807, 2.05) is 19.0 Å². The number of likely N-dealkylation sites (N-methyl/N-ethyl adjacent to an activating group) is 1. The number of nitrogens with zero attached hydrogens (tertiary/aromatic N) is 4. The minimum atomic E-state index is -0.834. The molecule has 3 rings (SSSR count). The summed E-state index contributed by atoms with van der Waals surface area (Å²) in [4.78, 5) is 29.7. The van der Waals surface area contributed by atoms with Crippen LogP contribution in [0, 0.1) is 13.8 Å². The minimum absolute atomic E-state index is 0.0134. The van der Waals surface area contributed by atoms with Gasteiger partial charge in [-0.2, -0.15) is 5.10 Å². The summed E-state index contributed by atoms with van der Waals surface area (Å²) in [7, 11) is 8.60. The van der Waals surface area contributed by atoms with Crippen LogP contribution in [0.25, 0.3) is 5.76 Å². The summed E-state index contributed by atoms with van der Waals surface area (Å²) >= 11 is 0. The molecule has 1 atom stereocenters. The first kappa shape index (κ1) is 23.3. The maximum atomic E-state index is 13.2. The van der Waals surface area contributed by atoms with E-state index in [2.05, 4.69) is 5.10 Å². The van der Waals surface area contributed by atoms with Crippen molar-refractivity contribution >= 4 is 17.4 Å². The van der Waals surface area contributed by atoms with E-state index in [1.165, 1.54) is 19.1 Å². The number of aliphatic hydroxyl groups is 1. The molecule has 1 aromatic heterocycles. The van der Waals surface area contributed by atoms with Crippen LogP contribution in [0.1, 0.15) is 28.6 Å². The van der Waals surface area contributed by atoms with E-state index >= 15 is 0 Å². The summed E-state index contributed by atoms with van der Waals surface area (Å²) in [6, 6.07) is 4.36. The molecule has 9 nitrogen and oxygen atoms in total. The van der Waals surface area contributed by atoms with Crippen molar-refractivity contribution in [3.63, 3.8) is 0 Å². The number of ketones is 1. The topological polar surface area (TPSA) is 97.1 Å². The standard InChI is InChI=1S/C23H30N4O5/c1-13-18(14(2)26(5)24-13)21(28)19-20(16-12-15(31-6)8-9-17(16)32-7)27(11-10-25(3)4)23(30)22(19)29/h8-9,12,20,28H,10-11H2,1-7H3/b21-19+/t20-/m1/s1. The lowest BCUT2D eigenvalue weighted by Crippen LogP contribution is -2.35. The summed E-state index contributed by atoms with van der Waals surface area (Å²) in [6.07, 6.45) is 0. The first-order valence-electron chi connectivity index (χ1n) is 10.3. The van der Waals surface area contributed by atoms with Gasteiger partial charge in [0.1, 0.15) is 17.3 Å². The Hall–Kier alpha value is -3.33. The van der Waals surface area contributed by atoms with Crippen LogP contribution in [0.5, 0.6) is 11.5 Å². The van der Waals surface area contributed by atoms with Crippen LogP contribution >= 0.6 is 0 Å². The van der Waals surface area contributed by atoms with Gasteiger partial charge in [-0.15, -0.1) is 0 Å². The van der Waals surface area contributed by atoms with E-state index in [-0.39, 0.29) is 11.3 Å². The predicted octanol–water partition coefficient (Wildman–Crippen LogP) is 2.04. The third-order valence-corrected chi connectivity index (χ3v) is 5.81. The van der Waals surface area contributed by atoms with Crippen LogP contribution in [0.2, 0.25) is 0 Å². The molecule has 9 heteroatoms. The molecule has 0 aliphatic carbocycles. The molecule has 32 heavy (non-hydrogen) atoms. The predicted molar refractivity (Wildman–Crippen MR) is 120 cm³/mol. The van der Waals surface area contributed by atoms with Crippen molar-refractivity contribution in [2.75, 3.05) is 41.4 Å². The Kier molecular flexibility index (Phi) is 6.59. The Labute approximate surface area is 187 Å². The van der Waals surface area contributed by atoms with E-state index in [9.17, 15) is 14.7 Å². The van der Waals surface area contributed by atoms with Gasteiger partial charge in [0.05, 0.1) is 37.1 Å². The third-order valence-electron chi connectivity index (χ3n) is 5.81. The van der Waals surface area contributed by atoms with Crippen molar-refractivity contribution in [1.29, 1.82) is 0 Å². The van der Waals surface area contributed by atoms with Gasteiger partial charge in [0.2, 0.25) is 0 Å². The Balaban J connectivity index is 2.30. The summed E-state index contributed by atoms with van der Waals surface area (Å²) < 4.78 is 12.6. The van der Waals surface area contributed by atoms with Gasteiger partial charge in [0.25, 0.3) is 11.7 Å². The molecule has 0 unspecified atom stereocenters. The van der Waals surface area contributed by atoms with Crippen molar-refractivity contribution in [3.8, 4) is 11.5 Å².